The SMILES string of the molecule is O=C(Nc1ccc(-c2cn3ccccc3n2)cc1)c1ccc(F)cc1F. The molecule has 0 unspecified atom stereocenters. The van der Waals surface area contributed by atoms with Crippen LogP contribution in [-0.4, -0.2) is 15.3 Å². The summed E-state index contributed by atoms with van der Waals surface area (Å²) in [6.07, 6.45) is 3.83. The number of hydrogen-bond donors (Lipinski definition) is 1. The largest absolute Gasteiger partial charge is 0.322 e. The molecule has 0 saturated heterocycles. The standard InChI is InChI=1S/C20H13F2N3O/c21-14-6-9-16(17(22)11-14)20(26)23-15-7-4-13(5-8-15)18-12-25-10-2-1-3-19(25)24-18/h1-12H,(H,23,26). The van der Waals surface area contributed by atoms with E-state index in [-0.39, 0.29) is 5.56 Å². The molecule has 0 aliphatic rings. The van der Waals surface area contributed by atoms with E-state index in [2.05, 4.69) is 10.3 Å². The summed E-state index contributed by atoms with van der Waals surface area (Å²) in [5.41, 5.74) is 2.83. The first-order valence-electron chi connectivity index (χ1n) is 7.91. The number of aromatic nitrogens is 2. The molecule has 6 heteroatoms. The highest BCUT2D eigenvalue weighted by Gasteiger charge is 2.13. The number of rotatable bonds is 3. The van der Waals surface area contributed by atoms with Crippen LogP contribution in [0.15, 0.2) is 73.1 Å². The van der Waals surface area contributed by atoms with Crippen molar-refractivity contribution >= 4 is 17.2 Å². The molecule has 0 spiro atoms. The zero-order valence-corrected chi connectivity index (χ0v) is 13.5. The van der Waals surface area contributed by atoms with Gasteiger partial charge in [-0.15, -0.1) is 0 Å². The van der Waals surface area contributed by atoms with Crippen LogP contribution < -0.4 is 5.32 Å². The van der Waals surface area contributed by atoms with E-state index in [9.17, 15) is 13.6 Å². The van der Waals surface area contributed by atoms with Crippen LogP contribution in [-0.2, 0) is 0 Å². The number of imidazole rings is 1. The van der Waals surface area contributed by atoms with Crippen molar-refractivity contribution in [1.82, 2.24) is 9.38 Å². The Labute approximate surface area is 147 Å². The second-order valence-corrected chi connectivity index (χ2v) is 5.75. The molecule has 0 bridgehead atoms. The Kier molecular flexibility index (Phi) is 3.93. The molecule has 0 aliphatic heterocycles. The van der Waals surface area contributed by atoms with Crippen LogP contribution in [0.4, 0.5) is 14.5 Å². The van der Waals surface area contributed by atoms with Gasteiger partial charge in [0.2, 0.25) is 0 Å². The minimum atomic E-state index is -0.899. The summed E-state index contributed by atoms with van der Waals surface area (Å²) in [6.45, 7) is 0. The van der Waals surface area contributed by atoms with Crippen LogP contribution in [0.3, 0.4) is 0 Å². The summed E-state index contributed by atoms with van der Waals surface area (Å²) >= 11 is 0. The molecule has 2 aromatic heterocycles. The van der Waals surface area contributed by atoms with E-state index in [1.54, 1.807) is 12.1 Å². The van der Waals surface area contributed by atoms with Gasteiger partial charge >= 0.3 is 0 Å². The predicted molar refractivity (Wildman–Crippen MR) is 94.9 cm³/mol. The van der Waals surface area contributed by atoms with Crippen LogP contribution in [0.25, 0.3) is 16.9 Å². The van der Waals surface area contributed by atoms with E-state index in [1.165, 1.54) is 0 Å². The third-order valence-corrected chi connectivity index (χ3v) is 3.98. The molecule has 128 valence electrons. The number of carbonyl (C=O) groups excluding carboxylic acids is 1. The number of benzene rings is 2. The molecule has 0 aliphatic carbocycles. The van der Waals surface area contributed by atoms with Gasteiger partial charge in [0.15, 0.2) is 0 Å². The normalized spacial score (nSPS) is 10.8. The van der Waals surface area contributed by atoms with E-state index < -0.39 is 17.5 Å². The highest BCUT2D eigenvalue weighted by Crippen LogP contribution is 2.22. The molecule has 4 rings (SSSR count). The first-order valence-corrected chi connectivity index (χ1v) is 7.91. The lowest BCUT2D eigenvalue weighted by molar-refractivity contribution is 0.102. The number of anilines is 1. The quantitative estimate of drug-likeness (QED) is 0.591. The lowest BCUT2D eigenvalue weighted by Gasteiger charge is -2.07. The zero-order valence-electron chi connectivity index (χ0n) is 13.5. The minimum absolute atomic E-state index is 0.212. The third-order valence-electron chi connectivity index (χ3n) is 3.98. The average Bonchev–Trinajstić information content (AvgIpc) is 3.06. The summed E-state index contributed by atoms with van der Waals surface area (Å²) in [5, 5.41) is 2.60. The Bertz CT molecular complexity index is 1070. The molecular weight excluding hydrogens is 336 g/mol. The van der Waals surface area contributed by atoms with Crippen molar-refractivity contribution < 1.29 is 13.6 Å². The van der Waals surface area contributed by atoms with Gasteiger partial charge in [0.25, 0.3) is 5.91 Å². The average molecular weight is 349 g/mol. The van der Waals surface area contributed by atoms with Crippen molar-refractivity contribution in [3.63, 3.8) is 0 Å². The fraction of sp³-hybridized carbons (Fsp3) is 0. The Morgan fingerprint density at radius 2 is 1.81 bits per heavy atom. The maximum atomic E-state index is 13.7. The van der Waals surface area contributed by atoms with Crippen molar-refractivity contribution in [1.29, 1.82) is 0 Å². The van der Waals surface area contributed by atoms with E-state index in [1.807, 2.05) is 47.1 Å². The fourth-order valence-corrected chi connectivity index (χ4v) is 2.67. The highest BCUT2D eigenvalue weighted by atomic mass is 19.1. The van der Waals surface area contributed by atoms with E-state index in [0.29, 0.717) is 11.8 Å². The van der Waals surface area contributed by atoms with Crippen LogP contribution in [0.2, 0.25) is 0 Å². The second-order valence-electron chi connectivity index (χ2n) is 5.75. The van der Waals surface area contributed by atoms with Crippen molar-refractivity contribution in [2.24, 2.45) is 0 Å². The molecule has 1 N–H and O–H groups in total. The molecule has 4 aromatic rings. The molecule has 0 atom stereocenters. The summed E-state index contributed by atoms with van der Waals surface area (Å²) in [7, 11) is 0. The Morgan fingerprint density at radius 3 is 2.54 bits per heavy atom. The Balaban J connectivity index is 1.55. The fourth-order valence-electron chi connectivity index (χ4n) is 2.67. The molecule has 26 heavy (non-hydrogen) atoms. The minimum Gasteiger partial charge on any atom is -0.322 e. The molecule has 1 amide bonds. The van der Waals surface area contributed by atoms with Gasteiger partial charge in [-0.3, -0.25) is 4.79 Å². The lowest BCUT2D eigenvalue weighted by Crippen LogP contribution is -2.13. The van der Waals surface area contributed by atoms with Crippen molar-refractivity contribution in [2.75, 3.05) is 5.32 Å². The number of amides is 1. The van der Waals surface area contributed by atoms with E-state index in [4.69, 9.17) is 0 Å². The van der Waals surface area contributed by atoms with Gasteiger partial charge < -0.3 is 9.72 Å². The maximum Gasteiger partial charge on any atom is 0.258 e. The number of fused-ring (bicyclic) bond motifs is 1. The first-order chi connectivity index (χ1) is 12.6. The van der Waals surface area contributed by atoms with Crippen molar-refractivity contribution in [3.8, 4) is 11.3 Å². The molecular formula is C20H13F2N3O. The smallest absolute Gasteiger partial charge is 0.258 e. The van der Waals surface area contributed by atoms with Crippen molar-refractivity contribution in [2.45, 2.75) is 0 Å². The van der Waals surface area contributed by atoms with Crippen LogP contribution >= 0.6 is 0 Å². The predicted octanol–water partition coefficient (Wildman–Crippen LogP) is 4.53. The van der Waals surface area contributed by atoms with Crippen molar-refractivity contribution in [3.05, 3.63) is 90.3 Å². The third kappa shape index (κ3) is 3.04. The van der Waals surface area contributed by atoms with Gasteiger partial charge in [0, 0.05) is 29.7 Å². The van der Waals surface area contributed by atoms with Gasteiger partial charge in [-0.25, -0.2) is 13.8 Å². The summed E-state index contributed by atoms with van der Waals surface area (Å²) in [6, 6.07) is 15.6. The van der Waals surface area contributed by atoms with Gasteiger partial charge in [0.05, 0.1) is 11.3 Å². The highest BCUT2D eigenvalue weighted by molar-refractivity contribution is 6.04. The number of nitrogens with one attached hydrogen (secondary N) is 1. The van der Waals surface area contributed by atoms with E-state index in [0.717, 1.165) is 29.0 Å². The number of nitrogens with zero attached hydrogens (tertiary/aromatic N) is 2. The van der Waals surface area contributed by atoms with Crippen LogP contribution in [0.1, 0.15) is 10.4 Å². The second kappa shape index (κ2) is 6.40. The lowest BCUT2D eigenvalue weighted by atomic mass is 10.1. The summed E-state index contributed by atoms with van der Waals surface area (Å²) in [4.78, 5) is 16.7. The topological polar surface area (TPSA) is 46.4 Å². The van der Waals surface area contributed by atoms with Crippen LogP contribution in [0.5, 0.6) is 0 Å². The Hall–Kier alpha value is -3.54. The number of hydrogen-bond acceptors (Lipinski definition) is 2. The monoisotopic (exact) mass is 349 g/mol. The molecule has 0 radical (unpaired) electrons. The molecule has 4 nitrogen and oxygen atoms in total. The molecule has 0 fully saturated rings. The molecule has 2 aromatic carbocycles. The summed E-state index contributed by atoms with van der Waals surface area (Å²) < 4.78 is 28.5. The van der Waals surface area contributed by atoms with Gasteiger partial charge in [-0.05, 0) is 36.4 Å². The first kappa shape index (κ1) is 16.0. The van der Waals surface area contributed by atoms with Crippen LogP contribution in [0, 0.1) is 11.6 Å². The molecule has 2 heterocycles. The zero-order chi connectivity index (χ0) is 18.1. The number of carbonyl (C=O) groups is 1. The molecule has 0 saturated carbocycles. The summed E-state index contributed by atoms with van der Waals surface area (Å²) in [5.74, 6) is -2.26. The van der Waals surface area contributed by atoms with Gasteiger partial charge in [0.1, 0.15) is 17.3 Å². The number of halogens is 2. The Morgan fingerprint density at radius 1 is 1.00 bits per heavy atom. The van der Waals surface area contributed by atoms with Gasteiger partial charge in [-0.1, -0.05) is 18.2 Å². The number of pyridine rings is 1. The van der Waals surface area contributed by atoms with Gasteiger partial charge in [-0.2, -0.15) is 0 Å². The maximum absolute atomic E-state index is 13.7. The van der Waals surface area contributed by atoms with E-state index >= 15 is 0 Å².